The summed E-state index contributed by atoms with van der Waals surface area (Å²) < 4.78 is 30.8. The van der Waals surface area contributed by atoms with Crippen molar-refractivity contribution in [2.75, 3.05) is 26.5 Å². The van der Waals surface area contributed by atoms with E-state index in [2.05, 4.69) is 4.72 Å². The molecule has 7 heteroatoms. The van der Waals surface area contributed by atoms with Crippen molar-refractivity contribution in [3.05, 3.63) is 35.9 Å². The van der Waals surface area contributed by atoms with Gasteiger partial charge in [-0.2, -0.15) is 0 Å². The Labute approximate surface area is 137 Å². The Morgan fingerprint density at radius 1 is 1.35 bits per heavy atom. The molecule has 0 aliphatic carbocycles. The van der Waals surface area contributed by atoms with Crippen molar-refractivity contribution in [2.24, 2.45) is 0 Å². The molecule has 0 unspecified atom stereocenters. The van der Waals surface area contributed by atoms with Crippen LogP contribution in [0.15, 0.2) is 30.3 Å². The van der Waals surface area contributed by atoms with Gasteiger partial charge < -0.3 is 9.64 Å². The Kier molecular flexibility index (Phi) is 6.15. The van der Waals surface area contributed by atoms with Gasteiger partial charge >= 0.3 is 0 Å². The fourth-order valence-corrected chi connectivity index (χ4v) is 3.84. The average Bonchev–Trinajstić information content (AvgIpc) is 2.87. The lowest BCUT2D eigenvalue weighted by Gasteiger charge is -2.28. The predicted octanol–water partition coefficient (Wildman–Crippen LogP) is 0.784. The molecule has 1 aromatic carbocycles. The summed E-state index contributed by atoms with van der Waals surface area (Å²) in [6.45, 7) is 0.935. The van der Waals surface area contributed by atoms with E-state index in [-0.39, 0.29) is 18.0 Å². The molecular weight excluding hydrogens is 316 g/mol. The van der Waals surface area contributed by atoms with Gasteiger partial charge in [-0.15, -0.1) is 0 Å². The Hall–Kier alpha value is -1.44. The Balaban J connectivity index is 2.16. The molecule has 0 aromatic heterocycles. The minimum absolute atomic E-state index is 0.00517. The fraction of sp³-hybridized carbons (Fsp3) is 0.562. The molecular formula is C16H24N2O4S. The molecule has 1 saturated heterocycles. The van der Waals surface area contributed by atoms with Gasteiger partial charge in [-0.05, 0) is 18.4 Å². The van der Waals surface area contributed by atoms with Crippen LogP contribution in [-0.2, 0) is 26.0 Å². The molecule has 1 heterocycles. The number of hydrogen-bond acceptors (Lipinski definition) is 4. The summed E-state index contributed by atoms with van der Waals surface area (Å²) >= 11 is 0. The van der Waals surface area contributed by atoms with Gasteiger partial charge in [0.2, 0.25) is 15.9 Å². The minimum atomic E-state index is -3.31. The van der Waals surface area contributed by atoms with Crippen molar-refractivity contribution in [2.45, 2.75) is 31.3 Å². The van der Waals surface area contributed by atoms with Gasteiger partial charge in [0, 0.05) is 19.7 Å². The van der Waals surface area contributed by atoms with Crippen molar-refractivity contribution in [3.8, 4) is 0 Å². The lowest BCUT2D eigenvalue weighted by atomic mass is 10.0. The molecule has 2 rings (SSSR count). The molecule has 1 amide bonds. The Bertz CT molecular complexity index is 618. The van der Waals surface area contributed by atoms with Crippen molar-refractivity contribution < 1.29 is 17.9 Å². The lowest BCUT2D eigenvalue weighted by molar-refractivity contribution is -0.133. The molecule has 1 N–H and O–H groups in total. The number of carbonyl (C=O) groups is 1. The molecule has 1 aromatic rings. The first-order valence-electron chi connectivity index (χ1n) is 7.70. The van der Waals surface area contributed by atoms with E-state index in [1.165, 1.54) is 0 Å². The van der Waals surface area contributed by atoms with Crippen LogP contribution in [0.5, 0.6) is 0 Å². The van der Waals surface area contributed by atoms with Gasteiger partial charge in [0.15, 0.2) is 0 Å². The molecule has 2 atom stereocenters. The topological polar surface area (TPSA) is 75.7 Å². The van der Waals surface area contributed by atoms with Crippen LogP contribution in [0.4, 0.5) is 0 Å². The van der Waals surface area contributed by atoms with E-state index in [9.17, 15) is 13.2 Å². The predicted molar refractivity (Wildman–Crippen MR) is 88.5 cm³/mol. The zero-order valence-corrected chi connectivity index (χ0v) is 14.4. The third-order valence-corrected chi connectivity index (χ3v) is 4.77. The zero-order valence-electron chi connectivity index (χ0n) is 13.6. The number of amides is 1. The molecule has 1 aliphatic heterocycles. The number of benzene rings is 1. The number of carbonyl (C=O) groups excluding carboxylic acids is 1. The fourth-order valence-electron chi connectivity index (χ4n) is 3.02. The molecule has 23 heavy (non-hydrogen) atoms. The molecule has 1 aliphatic rings. The van der Waals surface area contributed by atoms with E-state index < -0.39 is 10.0 Å². The van der Waals surface area contributed by atoms with Crippen LogP contribution in [0.25, 0.3) is 0 Å². The molecule has 0 spiro atoms. The summed E-state index contributed by atoms with van der Waals surface area (Å²) in [5.74, 6) is 0.00517. The maximum absolute atomic E-state index is 12.4. The summed E-state index contributed by atoms with van der Waals surface area (Å²) in [6.07, 6.45) is 2.73. The number of likely N-dealkylation sites (tertiary alicyclic amines) is 1. The standard InChI is InChI=1S/C16H24N2O4S/c1-22-11-9-16(19)18-10-8-14(17-23(2,20)21)15(18)12-13-6-4-3-5-7-13/h3-7,14-15,17H,8-12H2,1-2H3/t14-,15+/m1/s1. The van der Waals surface area contributed by atoms with Crippen LogP contribution in [0.3, 0.4) is 0 Å². The molecule has 128 valence electrons. The van der Waals surface area contributed by atoms with Gasteiger partial charge in [0.1, 0.15) is 0 Å². The van der Waals surface area contributed by atoms with Crippen LogP contribution >= 0.6 is 0 Å². The van der Waals surface area contributed by atoms with Gasteiger partial charge in [-0.1, -0.05) is 30.3 Å². The smallest absolute Gasteiger partial charge is 0.225 e. The first-order valence-corrected chi connectivity index (χ1v) is 9.59. The SMILES string of the molecule is COCCC(=O)N1CC[C@@H](NS(C)(=O)=O)[C@@H]1Cc1ccccc1. The minimum Gasteiger partial charge on any atom is -0.384 e. The summed E-state index contributed by atoms with van der Waals surface area (Å²) in [6, 6.07) is 9.39. The third-order valence-electron chi connectivity index (χ3n) is 4.04. The van der Waals surface area contributed by atoms with Crippen LogP contribution in [-0.4, -0.2) is 57.8 Å². The summed E-state index contributed by atoms with van der Waals surface area (Å²) in [5, 5.41) is 0. The molecule has 0 bridgehead atoms. The average molecular weight is 340 g/mol. The highest BCUT2D eigenvalue weighted by molar-refractivity contribution is 7.88. The molecule has 6 nitrogen and oxygen atoms in total. The van der Waals surface area contributed by atoms with Gasteiger partial charge in [-0.25, -0.2) is 13.1 Å². The van der Waals surface area contributed by atoms with E-state index >= 15 is 0 Å². The van der Waals surface area contributed by atoms with E-state index in [0.717, 1.165) is 11.8 Å². The first-order chi connectivity index (χ1) is 10.9. The van der Waals surface area contributed by atoms with Gasteiger partial charge in [-0.3, -0.25) is 4.79 Å². The van der Waals surface area contributed by atoms with E-state index in [1.54, 1.807) is 12.0 Å². The van der Waals surface area contributed by atoms with Crippen LogP contribution in [0.2, 0.25) is 0 Å². The number of ether oxygens (including phenoxy) is 1. The number of hydrogen-bond donors (Lipinski definition) is 1. The van der Waals surface area contributed by atoms with E-state index in [1.807, 2.05) is 30.3 Å². The molecule has 0 saturated carbocycles. The highest BCUT2D eigenvalue weighted by Gasteiger charge is 2.37. The lowest BCUT2D eigenvalue weighted by Crippen LogP contribution is -2.47. The maximum Gasteiger partial charge on any atom is 0.225 e. The Morgan fingerprint density at radius 3 is 2.65 bits per heavy atom. The van der Waals surface area contributed by atoms with Gasteiger partial charge in [0.25, 0.3) is 0 Å². The number of sulfonamides is 1. The van der Waals surface area contributed by atoms with Crippen LogP contribution in [0.1, 0.15) is 18.4 Å². The third kappa shape index (κ3) is 5.30. The second-order valence-corrected chi connectivity index (χ2v) is 7.65. The normalized spacial score (nSPS) is 21.6. The van der Waals surface area contributed by atoms with Crippen LogP contribution < -0.4 is 4.72 Å². The van der Waals surface area contributed by atoms with E-state index in [4.69, 9.17) is 4.74 Å². The Morgan fingerprint density at radius 2 is 2.04 bits per heavy atom. The van der Waals surface area contributed by atoms with Crippen LogP contribution in [0, 0.1) is 0 Å². The second-order valence-electron chi connectivity index (χ2n) is 5.87. The second kappa shape index (κ2) is 7.90. The van der Waals surface area contributed by atoms with Crippen molar-refractivity contribution in [1.82, 2.24) is 9.62 Å². The molecule has 0 radical (unpaired) electrons. The van der Waals surface area contributed by atoms with Crippen molar-refractivity contribution in [3.63, 3.8) is 0 Å². The zero-order chi connectivity index (χ0) is 16.9. The number of rotatable bonds is 7. The summed E-state index contributed by atoms with van der Waals surface area (Å²) in [5.41, 5.74) is 1.09. The van der Waals surface area contributed by atoms with Gasteiger partial charge in [0.05, 0.1) is 25.3 Å². The summed E-state index contributed by atoms with van der Waals surface area (Å²) in [7, 11) is -1.75. The number of nitrogens with one attached hydrogen (secondary N) is 1. The highest BCUT2D eigenvalue weighted by Crippen LogP contribution is 2.23. The maximum atomic E-state index is 12.4. The monoisotopic (exact) mass is 340 g/mol. The summed E-state index contributed by atoms with van der Waals surface area (Å²) in [4.78, 5) is 14.2. The first kappa shape index (κ1) is 17.9. The number of nitrogens with zero attached hydrogens (tertiary/aromatic N) is 1. The van der Waals surface area contributed by atoms with E-state index in [0.29, 0.717) is 32.4 Å². The molecule has 1 fully saturated rings. The largest absolute Gasteiger partial charge is 0.384 e. The number of methoxy groups -OCH3 is 1. The van der Waals surface area contributed by atoms with Crippen molar-refractivity contribution >= 4 is 15.9 Å². The quantitative estimate of drug-likeness (QED) is 0.796. The highest BCUT2D eigenvalue weighted by atomic mass is 32.2. The van der Waals surface area contributed by atoms with Crippen molar-refractivity contribution in [1.29, 1.82) is 0 Å².